The van der Waals surface area contributed by atoms with Crippen molar-refractivity contribution in [3.05, 3.63) is 24.3 Å². The zero-order chi connectivity index (χ0) is 16.7. The van der Waals surface area contributed by atoms with E-state index in [0.717, 1.165) is 24.5 Å². The van der Waals surface area contributed by atoms with E-state index in [4.69, 9.17) is 9.47 Å². The molecule has 0 saturated heterocycles. The quantitative estimate of drug-likeness (QED) is 0.817. The molecule has 1 aliphatic heterocycles. The second-order valence-electron chi connectivity index (χ2n) is 5.36. The molecular formula is C16H23N3O4. The van der Waals surface area contributed by atoms with E-state index in [1.165, 1.54) is 7.05 Å². The fourth-order valence-electron chi connectivity index (χ4n) is 2.42. The third-order valence-electron chi connectivity index (χ3n) is 3.42. The van der Waals surface area contributed by atoms with Crippen molar-refractivity contribution in [1.82, 2.24) is 15.5 Å². The van der Waals surface area contributed by atoms with E-state index in [9.17, 15) is 9.59 Å². The molecule has 2 N–H and O–H groups in total. The molecule has 7 heteroatoms. The van der Waals surface area contributed by atoms with Gasteiger partial charge in [0.1, 0.15) is 12.7 Å². The normalized spacial score (nSPS) is 16.0. The Kier molecular flexibility index (Phi) is 6.22. The third-order valence-corrected chi connectivity index (χ3v) is 3.42. The van der Waals surface area contributed by atoms with Gasteiger partial charge >= 0.3 is 6.03 Å². The summed E-state index contributed by atoms with van der Waals surface area (Å²) in [6.07, 6.45) is 0.751. The number of para-hydroxylation sites is 2. The van der Waals surface area contributed by atoms with Crippen molar-refractivity contribution in [2.75, 3.05) is 33.3 Å². The highest BCUT2D eigenvalue weighted by molar-refractivity contribution is 5.95. The first kappa shape index (κ1) is 17.1. The van der Waals surface area contributed by atoms with E-state index >= 15 is 0 Å². The molecule has 0 saturated carbocycles. The Balaban J connectivity index is 1.89. The number of benzene rings is 1. The van der Waals surface area contributed by atoms with Crippen LogP contribution in [-0.4, -0.2) is 56.2 Å². The van der Waals surface area contributed by atoms with Crippen molar-refractivity contribution < 1.29 is 19.1 Å². The number of carbonyl (C=O) groups excluding carboxylic acids is 2. The summed E-state index contributed by atoms with van der Waals surface area (Å²) in [6.45, 7) is 3.92. The van der Waals surface area contributed by atoms with Crippen molar-refractivity contribution in [3.63, 3.8) is 0 Å². The highest BCUT2D eigenvalue weighted by Gasteiger charge is 2.24. The number of amides is 3. The molecule has 0 fully saturated rings. The number of nitrogens with zero attached hydrogens (tertiary/aromatic N) is 1. The van der Waals surface area contributed by atoms with Gasteiger partial charge in [-0.05, 0) is 25.1 Å². The van der Waals surface area contributed by atoms with E-state index in [-0.39, 0.29) is 18.6 Å². The summed E-state index contributed by atoms with van der Waals surface area (Å²) in [4.78, 5) is 25.0. The monoisotopic (exact) mass is 321 g/mol. The summed E-state index contributed by atoms with van der Waals surface area (Å²) in [5.41, 5.74) is 0. The number of urea groups is 1. The zero-order valence-electron chi connectivity index (χ0n) is 13.5. The van der Waals surface area contributed by atoms with Gasteiger partial charge in [-0.15, -0.1) is 0 Å². The van der Waals surface area contributed by atoms with Crippen molar-refractivity contribution in [2.24, 2.45) is 0 Å². The molecule has 0 radical (unpaired) electrons. The molecule has 0 aliphatic carbocycles. The zero-order valence-corrected chi connectivity index (χ0v) is 13.5. The number of fused-ring (bicyclic) bond motifs is 1. The Bertz CT molecular complexity index is 550. The second-order valence-corrected chi connectivity index (χ2v) is 5.36. The Hall–Kier alpha value is -2.28. The minimum absolute atomic E-state index is 0.142. The predicted molar refractivity (Wildman–Crippen MR) is 85.7 cm³/mol. The molecule has 3 amide bonds. The number of nitrogens with one attached hydrogen (secondary N) is 2. The molecule has 7 nitrogen and oxygen atoms in total. The fourth-order valence-corrected chi connectivity index (χ4v) is 2.42. The minimum atomic E-state index is -0.502. The van der Waals surface area contributed by atoms with Crippen LogP contribution in [0.5, 0.6) is 11.5 Å². The van der Waals surface area contributed by atoms with Crippen LogP contribution in [0.2, 0.25) is 0 Å². The van der Waals surface area contributed by atoms with Gasteiger partial charge in [0, 0.05) is 13.6 Å². The summed E-state index contributed by atoms with van der Waals surface area (Å²) >= 11 is 0. The van der Waals surface area contributed by atoms with Crippen molar-refractivity contribution in [2.45, 2.75) is 19.4 Å². The number of rotatable bonds is 6. The van der Waals surface area contributed by atoms with Crippen molar-refractivity contribution in [1.29, 1.82) is 0 Å². The summed E-state index contributed by atoms with van der Waals surface area (Å²) in [5.74, 6) is 1.12. The van der Waals surface area contributed by atoms with E-state index in [1.54, 1.807) is 0 Å². The van der Waals surface area contributed by atoms with Crippen LogP contribution >= 0.6 is 0 Å². The van der Waals surface area contributed by atoms with Gasteiger partial charge in [-0.1, -0.05) is 19.1 Å². The molecule has 0 aromatic heterocycles. The van der Waals surface area contributed by atoms with Crippen LogP contribution in [0.3, 0.4) is 0 Å². The van der Waals surface area contributed by atoms with Gasteiger partial charge in [0.25, 0.3) is 0 Å². The Morgan fingerprint density at radius 1 is 1.30 bits per heavy atom. The molecule has 23 heavy (non-hydrogen) atoms. The molecule has 126 valence electrons. The van der Waals surface area contributed by atoms with Crippen LogP contribution in [0.25, 0.3) is 0 Å². The average molecular weight is 321 g/mol. The lowest BCUT2D eigenvalue weighted by atomic mass is 10.2. The van der Waals surface area contributed by atoms with Crippen LogP contribution in [0.4, 0.5) is 4.79 Å². The maximum absolute atomic E-state index is 11.9. The molecule has 2 rings (SSSR count). The number of imide groups is 1. The molecule has 0 spiro atoms. The van der Waals surface area contributed by atoms with Gasteiger partial charge in [0.2, 0.25) is 5.91 Å². The van der Waals surface area contributed by atoms with Gasteiger partial charge < -0.3 is 14.8 Å². The van der Waals surface area contributed by atoms with Crippen LogP contribution in [0, 0.1) is 0 Å². The predicted octanol–water partition coefficient (Wildman–Crippen LogP) is 0.994. The van der Waals surface area contributed by atoms with Crippen LogP contribution in [-0.2, 0) is 4.79 Å². The Morgan fingerprint density at radius 3 is 2.74 bits per heavy atom. The number of carbonyl (C=O) groups is 2. The van der Waals surface area contributed by atoms with Crippen LogP contribution < -0.4 is 20.1 Å². The first-order chi connectivity index (χ1) is 11.1. The van der Waals surface area contributed by atoms with Crippen molar-refractivity contribution in [3.8, 4) is 11.5 Å². The molecule has 0 bridgehead atoms. The molecule has 1 atom stereocenters. The van der Waals surface area contributed by atoms with E-state index in [0.29, 0.717) is 13.2 Å². The summed E-state index contributed by atoms with van der Waals surface area (Å²) in [5, 5.41) is 4.63. The maximum atomic E-state index is 11.9. The van der Waals surface area contributed by atoms with Gasteiger partial charge in [0.15, 0.2) is 11.5 Å². The lowest BCUT2D eigenvalue weighted by molar-refractivity contribution is -0.121. The topological polar surface area (TPSA) is 79.9 Å². The first-order valence-corrected chi connectivity index (χ1v) is 7.74. The van der Waals surface area contributed by atoms with Gasteiger partial charge in [-0.3, -0.25) is 15.0 Å². The average Bonchev–Trinajstić information content (AvgIpc) is 2.54. The Morgan fingerprint density at radius 2 is 2.04 bits per heavy atom. The fraction of sp³-hybridized carbons (Fsp3) is 0.500. The van der Waals surface area contributed by atoms with Gasteiger partial charge in [0.05, 0.1) is 6.54 Å². The summed E-state index contributed by atoms with van der Waals surface area (Å²) < 4.78 is 11.6. The number of hydrogen-bond acceptors (Lipinski definition) is 5. The van der Waals surface area contributed by atoms with Gasteiger partial charge in [-0.25, -0.2) is 4.79 Å². The number of hydrogen-bond donors (Lipinski definition) is 2. The summed E-state index contributed by atoms with van der Waals surface area (Å²) in [6, 6.07) is 7.02. The smallest absolute Gasteiger partial charge is 0.321 e. The molecule has 0 unspecified atom stereocenters. The lowest BCUT2D eigenvalue weighted by Gasteiger charge is -2.30. The van der Waals surface area contributed by atoms with Crippen molar-refractivity contribution >= 4 is 11.9 Å². The highest BCUT2D eigenvalue weighted by Crippen LogP contribution is 2.30. The lowest BCUT2D eigenvalue weighted by Crippen LogP contribution is -2.47. The number of ether oxygens (including phenoxy) is 2. The summed E-state index contributed by atoms with van der Waals surface area (Å²) in [7, 11) is 1.47. The molecule has 1 heterocycles. The SMILES string of the molecule is CCCN(CC(=O)NC(=O)NC)C[C@H]1COc2ccccc2O1. The third kappa shape index (κ3) is 5.14. The maximum Gasteiger partial charge on any atom is 0.321 e. The van der Waals surface area contributed by atoms with Crippen LogP contribution in [0.1, 0.15) is 13.3 Å². The second kappa shape index (κ2) is 8.38. The first-order valence-electron chi connectivity index (χ1n) is 7.74. The van der Waals surface area contributed by atoms with E-state index in [1.807, 2.05) is 36.1 Å². The Labute approximate surface area is 135 Å². The minimum Gasteiger partial charge on any atom is -0.486 e. The van der Waals surface area contributed by atoms with Crippen LogP contribution in [0.15, 0.2) is 24.3 Å². The highest BCUT2D eigenvalue weighted by atomic mass is 16.6. The standard InChI is InChI=1S/C16H23N3O4/c1-3-8-19(10-15(20)18-16(21)17-2)9-12-11-22-13-6-4-5-7-14(13)23-12/h4-7,12H,3,8-11H2,1-2H3,(H2,17,18,20,21)/t12-/m0/s1. The molecule has 1 aliphatic rings. The van der Waals surface area contributed by atoms with Gasteiger partial charge in [-0.2, -0.15) is 0 Å². The molecular weight excluding hydrogens is 298 g/mol. The van der Waals surface area contributed by atoms with E-state index in [2.05, 4.69) is 10.6 Å². The largest absolute Gasteiger partial charge is 0.486 e. The molecule has 1 aromatic rings. The van der Waals surface area contributed by atoms with E-state index < -0.39 is 6.03 Å². The molecule has 1 aromatic carbocycles.